The summed E-state index contributed by atoms with van der Waals surface area (Å²) in [5.41, 5.74) is 2.43. The smallest absolute Gasteiger partial charge is 0.307 e. The van der Waals surface area contributed by atoms with Crippen LogP contribution in [0.15, 0.2) is 18.2 Å². The quantitative estimate of drug-likeness (QED) is 0.820. The van der Waals surface area contributed by atoms with Gasteiger partial charge in [0, 0.05) is 12.2 Å². The molecule has 7 nitrogen and oxygen atoms in total. The van der Waals surface area contributed by atoms with Crippen LogP contribution in [0.1, 0.15) is 37.8 Å². The highest BCUT2D eigenvalue weighted by Gasteiger charge is 2.24. The lowest BCUT2D eigenvalue weighted by molar-refractivity contribution is 0.219. The summed E-state index contributed by atoms with van der Waals surface area (Å²) in [5, 5.41) is 4.71. The topological polar surface area (TPSA) is 95.6 Å². The van der Waals surface area contributed by atoms with Gasteiger partial charge in [-0.2, -0.15) is 0 Å². The summed E-state index contributed by atoms with van der Waals surface area (Å²) >= 11 is 0. The van der Waals surface area contributed by atoms with Crippen LogP contribution in [0.4, 0.5) is 15.3 Å². The SMILES string of the molecule is CCCCN(C(=O)NC(=O)Nc1c(C)cccc1CC)S(C)(=O)=O. The number of nitrogens with one attached hydrogen (secondary N) is 2. The molecule has 0 aliphatic heterocycles. The normalized spacial score (nSPS) is 11.0. The van der Waals surface area contributed by atoms with Crippen LogP contribution in [0.3, 0.4) is 0 Å². The maximum atomic E-state index is 12.1. The van der Waals surface area contributed by atoms with Gasteiger partial charge in [0.1, 0.15) is 0 Å². The fourth-order valence-corrected chi connectivity index (χ4v) is 3.03. The van der Waals surface area contributed by atoms with E-state index in [4.69, 9.17) is 0 Å². The number of rotatable bonds is 6. The standard InChI is InChI=1S/C16H25N3O4S/c1-5-7-11-19(24(4,22)23)16(21)18-15(20)17-14-12(3)9-8-10-13(14)6-2/h8-10H,5-7,11H2,1-4H3,(H2,17,18,20,21). The van der Waals surface area contributed by atoms with Gasteiger partial charge in [0.25, 0.3) is 0 Å². The first kappa shape index (κ1) is 20.0. The van der Waals surface area contributed by atoms with Crippen LogP contribution in [0.5, 0.6) is 0 Å². The number of unbranched alkanes of at least 4 members (excludes halogenated alkanes) is 1. The fraction of sp³-hybridized carbons (Fsp3) is 0.500. The Kier molecular flexibility index (Phi) is 7.21. The molecular formula is C16H25N3O4S. The molecule has 0 unspecified atom stereocenters. The van der Waals surface area contributed by atoms with Gasteiger partial charge in [-0.15, -0.1) is 0 Å². The van der Waals surface area contributed by atoms with Crippen LogP contribution < -0.4 is 10.6 Å². The Morgan fingerprint density at radius 2 is 1.88 bits per heavy atom. The first-order chi connectivity index (χ1) is 11.2. The molecule has 0 radical (unpaired) electrons. The van der Waals surface area contributed by atoms with Crippen molar-refractivity contribution >= 4 is 27.8 Å². The first-order valence-electron chi connectivity index (χ1n) is 7.88. The largest absolute Gasteiger partial charge is 0.339 e. The third-order valence-corrected chi connectivity index (χ3v) is 4.69. The Morgan fingerprint density at radius 3 is 2.42 bits per heavy atom. The zero-order chi connectivity index (χ0) is 18.3. The van der Waals surface area contributed by atoms with E-state index in [1.807, 2.05) is 39.0 Å². The Bertz CT molecular complexity index is 701. The van der Waals surface area contributed by atoms with Crippen LogP contribution in [0.25, 0.3) is 0 Å². The van der Waals surface area contributed by atoms with Crippen molar-refractivity contribution in [2.24, 2.45) is 0 Å². The van der Waals surface area contributed by atoms with Crippen LogP contribution in [0, 0.1) is 6.92 Å². The molecule has 134 valence electrons. The molecule has 24 heavy (non-hydrogen) atoms. The first-order valence-corrected chi connectivity index (χ1v) is 9.73. The summed E-state index contributed by atoms with van der Waals surface area (Å²) < 4.78 is 24.1. The average Bonchev–Trinajstić information content (AvgIpc) is 2.48. The van der Waals surface area contributed by atoms with Gasteiger partial charge in [-0.1, -0.05) is 38.5 Å². The summed E-state index contributed by atoms with van der Waals surface area (Å²) in [5.74, 6) is 0. The summed E-state index contributed by atoms with van der Waals surface area (Å²) in [4.78, 5) is 24.2. The number of nitrogens with zero attached hydrogens (tertiary/aromatic N) is 1. The third kappa shape index (κ3) is 5.52. The van der Waals surface area contributed by atoms with E-state index in [1.54, 1.807) is 0 Å². The van der Waals surface area contributed by atoms with Gasteiger partial charge in [-0.3, -0.25) is 5.32 Å². The number of hydrogen-bond donors (Lipinski definition) is 2. The van der Waals surface area contributed by atoms with E-state index in [-0.39, 0.29) is 6.54 Å². The van der Waals surface area contributed by atoms with Gasteiger partial charge in [-0.05, 0) is 30.9 Å². The molecule has 0 saturated carbocycles. The van der Waals surface area contributed by atoms with Crippen molar-refractivity contribution < 1.29 is 18.0 Å². The molecule has 1 aromatic rings. The molecule has 0 spiro atoms. The molecule has 4 amide bonds. The summed E-state index contributed by atoms with van der Waals surface area (Å²) in [7, 11) is -3.73. The van der Waals surface area contributed by atoms with Crippen molar-refractivity contribution in [3.8, 4) is 0 Å². The summed E-state index contributed by atoms with van der Waals surface area (Å²) in [6.07, 6.45) is 2.92. The van der Waals surface area contributed by atoms with Gasteiger partial charge in [-0.25, -0.2) is 22.3 Å². The minimum Gasteiger partial charge on any atom is -0.307 e. The Hall–Kier alpha value is -2.09. The number of urea groups is 2. The van der Waals surface area contributed by atoms with Crippen molar-refractivity contribution in [2.75, 3.05) is 18.1 Å². The van der Waals surface area contributed by atoms with Crippen LogP contribution in [-0.4, -0.2) is 37.6 Å². The number of aryl methyl sites for hydroxylation is 2. The second-order valence-electron chi connectivity index (χ2n) is 5.54. The molecule has 0 heterocycles. The highest BCUT2D eigenvalue weighted by molar-refractivity contribution is 7.88. The molecule has 0 saturated heterocycles. The van der Waals surface area contributed by atoms with Gasteiger partial charge < -0.3 is 5.32 Å². The molecular weight excluding hydrogens is 330 g/mol. The number of benzene rings is 1. The van der Waals surface area contributed by atoms with E-state index in [2.05, 4.69) is 10.6 Å². The minimum atomic E-state index is -3.73. The zero-order valence-corrected chi connectivity index (χ0v) is 15.4. The number of imide groups is 1. The van der Waals surface area contributed by atoms with Crippen molar-refractivity contribution in [2.45, 2.75) is 40.0 Å². The van der Waals surface area contributed by atoms with E-state index >= 15 is 0 Å². The zero-order valence-electron chi connectivity index (χ0n) is 14.5. The fourth-order valence-electron chi connectivity index (χ4n) is 2.23. The summed E-state index contributed by atoms with van der Waals surface area (Å²) in [6, 6.07) is 3.91. The number of sulfonamides is 1. The Balaban J connectivity index is 2.85. The minimum absolute atomic E-state index is 0.0407. The monoisotopic (exact) mass is 355 g/mol. The Labute approximate surface area is 143 Å². The maximum Gasteiger partial charge on any atom is 0.339 e. The van der Waals surface area contributed by atoms with E-state index in [9.17, 15) is 18.0 Å². The molecule has 1 rings (SSSR count). The van der Waals surface area contributed by atoms with Crippen molar-refractivity contribution in [1.29, 1.82) is 0 Å². The van der Waals surface area contributed by atoms with E-state index in [1.165, 1.54) is 0 Å². The van der Waals surface area contributed by atoms with Crippen LogP contribution in [0.2, 0.25) is 0 Å². The maximum absolute atomic E-state index is 12.1. The second-order valence-corrected chi connectivity index (χ2v) is 7.44. The number of carbonyl (C=O) groups excluding carboxylic acids is 2. The summed E-state index contributed by atoms with van der Waals surface area (Å²) in [6.45, 7) is 5.73. The van der Waals surface area contributed by atoms with Gasteiger partial charge in [0.15, 0.2) is 0 Å². The highest BCUT2D eigenvalue weighted by Crippen LogP contribution is 2.20. The predicted molar refractivity (Wildman–Crippen MR) is 94.6 cm³/mol. The lowest BCUT2D eigenvalue weighted by atomic mass is 10.1. The van der Waals surface area contributed by atoms with E-state index in [0.717, 1.165) is 30.2 Å². The van der Waals surface area contributed by atoms with Gasteiger partial charge in [0.2, 0.25) is 10.0 Å². The second kappa shape index (κ2) is 8.68. The number of anilines is 1. The van der Waals surface area contributed by atoms with Gasteiger partial charge >= 0.3 is 12.1 Å². The molecule has 0 aliphatic rings. The molecule has 8 heteroatoms. The number of carbonyl (C=O) groups is 2. The highest BCUT2D eigenvalue weighted by atomic mass is 32.2. The molecule has 0 atom stereocenters. The molecule has 2 N–H and O–H groups in total. The van der Waals surface area contributed by atoms with E-state index in [0.29, 0.717) is 16.4 Å². The number of para-hydroxylation sites is 1. The Morgan fingerprint density at radius 1 is 1.21 bits per heavy atom. The third-order valence-electron chi connectivity index (χ3n) is 3.54. The van der Waals surface area contributed by atoms with Gasteiger partial charge in [0.05, 0.1) is 6.26 Å². The molecule has 0 aromatic heterocycles. The number of amides is 4. The van der Waals surface area contributed by atoms with Crippen molar-refractivity contribution in [1.82, 2.24) is 9.62 Å². The molecule has 0 bridgehead atoms. The molecule has 0 fully saturated rings. The van der Waals surface area contributed by atoms with Crippen LogP contribution in [-0.2, 0) is 16.4 Å². The lowest BCUT2D eigenvalue weighted by Crippen LogP contribution is -2.47. The molecule has 1 aromatic carbocycles. The van der Waals surface area contributed by atoms with Crippen LogP contribution >= 0.6 is 0 Å². The lowest BCUT2D eigenvalue weighted by Gasteiger charge is -2.20. The van der Waals surface area contributed by atoms with Crippen molar-refractivity contribution in [3.63, 3.8) is 0 Å². The molecule has 0 aliphatic carbocycles. The predicted octanol–water partition coefficient (Wildman–Crippen LogP) is 2.86. The van der Waals surface area contributed by atoms with Crippen molar-refractivity contribution in [3.05, 3.63) is 29.3 Å². The number of hydrogen-bond acceptors (Lipinski definition) is 4. The van der Waals surface area contributed by atoms with E-state index < -0.39 is 22.1 Å². The average molecular weight is 355 g/mol.